The molecule has 124 valence electrons. The molecule has 9 heteroatoms. The first kappa shape index (κ1) is 16.9. The number of ether oxygens (including phenoxy) is 1. The quantitative estimate of drug-likeness (QED) is 0.662. The highest BCUT2D eigenvalue weighted by Gasteiger charge is 2.19. The molecule has 0 unspecified atom stereocenters. The Labute approximate surface area is 129 Å². The van der Waals surface area contributed by atoms with Gasteiger partial charge in [0.2, 0.25) is 5.09 Å². The van der Waals surface area contributed by atoms with Crippen molar-refractivity contribution in [3.8, 4) is 0 Å². The maximum Gasteiger partial charge on any atom is 0.287 e. The predicted molar refractivity (Wildman–Crippen MR) is 79.2 cm³/mol. The van der Waals surface area contributed by atoms with Crippen LogP contribution in [0.25, 0.3) is 0 Å². The summed E-state index contributed by atoms with van der Waals surface area (Å²) in [5, 5.41) is 2.45. The summed E-state index contributed by atoms with van der Waals surface area (Å²) in [7, 11) is -2.38. The minimum Gasteiger partial charge on any atom is -0.438 e. The molecule has 2 rings (SSSR count). The van der Waals surface area contributed by atoms with E-state index in [1.165, 1.54) is 19.2 Å². The average molecular weight is 331 g/mol. The highest BCUT2D eigenvalue weighted by Crippen LogP contribution is 2.13. The fourth-order valence-electron chi connectivity index (χ4n) is 2.10. The van der Waals surface area contributed by atoms with E-state index in [-0.39, 0.29) is 10.9 Å². The molecule has 0 aliphatic carbocycles. The van der Waals surface area contributed by atoms with Crippen LogP contribution in [0, 0.1) is 0 Å². The lowest BCUT2D eigenvalue weighted by molar-refractivity contribution is 0.0374. The van der Waals surface area contributed by atoms with Crippen LogP contribution in [0.2, 0.25) is 0 Å². The topological polar surface area (TPSA) is 101 Å². The van der Waals surface area contributed by atoms with Crippen molar-refractivity contribution in [2.45, 2.75) is 11.5 Å². The number of carbonyl (C=O) groups excluding carboxylic acids is 1. The van der Waals surface area contributed by atoms with Gasteiger partial charge in [-0.15, -0.1) is 0 Å². The van der Waals surface area contributed by atoms with Crippen molar-refractivity contribution in [1.82, 2.24) is 14.9 Å². The molecule has 2 N–H and O–H groups in total. The van der Waals surface area contributed by atoms with Crippen LogP contribution in [-0.4, -0.2) is 65.7 Å². The van der Waals surface area contributed by atoms with E-state index in [0.717, 1.165) is 39.3 Å². The molecule has 8 nitrogen and oxygen atoms in total. The number of carbonyl (C=O) groups is 1. The summed E-state index contributed by atoms with van der Waals surface area (Å²) >= 11 is 0. The minimum atomic E-state index is -3.67. The van der Waals surface area contributed by atoms with Crippen molar-refractivity contribution >= 4 is 15.9 Å². The second-order valence-corrected chi connectivity index (χ2v) is 6.71. The summed E-state index contributed by atoms with van der Waals surface area (Å²) in [5.41, 5.74) is 0. The van der Waals surface area contributed by atoms with Crippen molar-refractivity contribution in [3.05, 3.63) is 17.9 Å². The standard InChI is InChI=1S/C13H21N3O5S/c1-14-22(18,19)12-4-3-11(21-12)13(17)15-5-2-6-16-7-9-20-10-8-16/h3-4,14H,2,5-10H2,1H3,(H,15,17). The minimum absolute atomic E-state index is 0.0137. The number of nitrogens with one attached hydrogen (secondary N) is 2. The van der Waals surface area contributed by atoms with E-state index in [1.54, 1.807) is 0 Å². The van der Waals surface area contributed by atoms with Crippen molar-refractivity contribution in [2.24, 2.45) is 0 Å². The number of hydrogen-bond donors (Lipinski definition) is 2. The van der Waals surface area contributed by atoms with Gasteiger partial charge in [0, 0.05) is 19.6 Å². The highest BCUT2D eigenvalue weighted by molar-refractivity contribution is 7.89. The summed E-state index contributed by atoms with van der Waals surface area (Å²) in [5.74, 6) is -0.431. The monoisotopic (exact) mass is 331 g/mol. The Morgan fingerprint density at radius 3 is 2.73 bits per heavy atom. The molecule has 1 amide bonds. The van der Waals surface area contributed by atoms with Crippen LogP contribution in [0.1, 0.15) is 17.0 Å². The number of rotatable bonds is 7. The molecular weight excluding hydrogens is 310 g/mol. The molecule has 0 aromatic carbocycles. The van der Waals surface area contributed by atoms with Gasteiger partial charge in [-0.3, -0.25) is 9.69 Å². The molecule has 1 fully saturated rings. The zero-order chi connectivity index (χ0) is 16.0. The lowest BCUT2D eigenvalue weighted by Crippen LogP contribution is -2.38. The van der Waals surface area contributed by atoms with Gasteiger partial charge < -0.3 is 14.5 Å². The van der Waals surface area contributed by atoms with Crippen molar-refractivity contribution in [3.63, 3.8) is 0 Å². The maximum absolute atomic E-state index is 11.9. The Morgan fingerprint density at radius 2 is 2.05 bits per heavy atom. The van der Waals surface area contributed by atoms with E-state index in [2.05, 4.69) is 14.9 Å². The van der Waals surface area contributed by atoms with Gasteiger partial charge in [0.25, 0.3) is 15.9 Å². The van der Waals surface area contributed by atoms with Crippen molar-refractivity contribution in [2.75, 3.05) is 46.4 Å². The Balaban J connectivity index is 1.75. The van der Waals surface area contributed by atoms with Crippen LogP contribution < -0.4 is 10.0 Å². The Kier molecular flexibility index (Phi) is 5.95. The van der Waals surface area contributed by atoms with E-state index in [1.807, 2.05) is 0 Å². The lowest BCUT2D eigenvalue weighted by Gasteiger charge is -2.26. The second kappa shape index (κ2) is 7.73. The molecule has 1 saturated heterocycles. The Morgan fingerprint density at radius 1 is 1.32 bits per heavy atom. The van der Waals surface area contributed by atoms with Crippen LogP contribution in [0.15, 0.2) is 21.6 Å². The molecule has 1 aromatic rings. The molecule has 0 spiro atoms. The first-order chi connectivity index (χ1) is 10.5. The molecule has 0 bridgehead atoms. The third-order valence-electron chi connectivity index (χ3n) is 3.38. The summed E-state index contributed by atoms with van der Waals surface area (Å²) < 4.78 is 35.5. The summed E-state index contributed by atoms with van der Waals surface area (Å²) in [4.78, 5) is 14.1. The van der Waals surface area contributed by atoms with Gasteiger partial charge in [-0.05, 0) is 32.1 Å². The van der Waals surface area contributed by atoms with E-state index >= 15 is 0 Å². The summed E-state index contributed by atoms with van der Waals surface area (Å²) in [6, 6.07) is 2.61. The average Bonchev–Trinajstić information content (AvgIpc) is 3.03. The van der Waals surface area contributed by atoms with Gasteiger partial charge in [-0.2, -0.15) is 0 Å². The van der Waals surface area contributed by atoms with Crippen LogP contribution >= 0.6 is 0 Å². The third-order valence-corrected chi connectivity index (χ3v) is 4.67. The molecule has 0 radical (unpaired) electrons. The molecule has 0 saturated carbocycles. The van der Waals surface area contributed by atoms with Crippen LogP contribution in [0.4, 0.5) is 0 Å². The zero-order valence-electron chi connectivity index (χ0n) is 12.5. The van der Waals surface area contributed by atoms with Crippen LogP contribution in [0.5, 0.6) is 0 Å². The summed E-state index contributed by atoms with van der Waals surface area (Å²) in [6.07, 6.45) is 0.814. The van der Waals surface area contributed by atoms with Crippen molar-refractivity contribution < 1.29 is 22.4 Å². The predicted octanol–water partition coefficient (Wildman–Crippen LogP) is -0.360. The third kappa shape index (κ3) is 4.54. The van der Waals surface area contributed by atoms with Gasteiger partial charge >= 0.3 is 0 Å². The molecule has 1 aromatic heterocycles. The SMILES string of the molecule is CNS(=O)(=O)c1ccc(C(=O)NCCCN2CCOCC2)o1. The lowest BCUT2D eigenvalue weighted by atomic mass is 10.3. The smallest absolute Gasteiger partial charge is 0.287 e. The highest BCUT2D eigenvalue weighted by atomic mass is 32.2. The van der Waals surface area contributed by atoms with E-state index in [9.17, 15) is 13.2 Å². The molecule has 2 heterocycles. The van der Waals surface area contributed by atoms with Crippen molar-refractivity contribution in [1.29, 1.82) is 0 Å². The van der Waals surface area contributed by atoms with Crippen LogP contribution in [-0.2, 0) is 14.8 Å². The number of amides is 1. The maximum atomic E-state index is 11.9. The fraction of sp³-hybridized carbons (Fsp3) is 0.615. The first-order valence-corrected chi connectivity index (χ1v) is 8.63. The molecule has 22 heavy (non-hydrogen) atoms. The van der Waals surface area contributed by atoms with Crippen LogP contribution in [0.3, 0.4) is 0 Å². The van der Waals surface area contributed by atoms with Gasteiger partial charge in [-0.1, -0.05) is 0 Å². The number of hydrogen-bond acceptors (Lipinski definition) is 6. The summed E-state index contributed by atoms with van der Waals surface area (Å²) in [6.45, 7) is 4.73. The fourth-order valence-corrected chi connectivity index (χ4v) is 2.75. The Hall–Kier alpha value is -1.42. The normalized spacial score (nSPS) is 16.6. The van der Waals surface area contributed by atoms with E-state index in [4.69, 9.17) is 9.15 Å². The number of sulfonamides is 1. The Bertz CT molecular complexity index is 593. The number of morpholine rings is 1. The molecule has 1 aliphatic rings. The largest absolute Gasteiger partial charge is 0.438 e. The van der Waals surface area contributed by atoms with Gasteiger partial charge in [-0.25, -0.2) is 13.1 Å². The molecule has 1 aliphatic heterocycles. The molecular formula is C13H21N3O5S. The number of nitrogens with zero attached hydrogens (tertiary/aromatic N) is 1. The van der Waals surface area contributed by atoms with E-state index in [0.29, 0.717) is 6.54 Å². The molecule has 0 atom stereocenters. The van der Waals surface area contributed by atoms with Gasteiger partial charge in [0.05, 0.1) is 13.2 Å². The van der Waals surface area contributed by atoms with E-state index < -0.39 is 15.9 Å². The van der Waals surface area contributed by atoms with Gasteiger partial charge in [0.1, 0.15) is 0 Å². The zero-order valence-corrected chi connectivity index (χ0v) is 13.3. The number of furan rings is 1. The van der Waals surface area contributed by atoms with Gasteiger partial charge in [0.15, 0.2) is 5.76 Å². The first-order valence-electron chi connectivity index (χ1n) is 7.14. The second-order valence-electron chi connectivity index (χ2n) is 4.89.